The Kier molecular flexibility index (Phi) is 7.77. The first-order valence-electron chi connectivity index (χ1n) is 3.21. The summed E-state index contributed by atoms with van der Waals surface area (Å²) in [7, 11) is 0. The second kappa shape index (κ2) is 6.81. The average molecular weight is 193 g/mol. The monoisotopic (exact) mass is 193 g/mol. The first kappa shape index (κ1) is 13.7. The van der Waals surface area contributed by atoms with Gasteiger partial charge < -0.3 is 15.9 Å². The Bertz CT molecular complexity index is 144. The van der Waals surface area contributed by atoms with Crippen LogP contribution in [0.4, 0.5) is 0 Å². The van der Waals surface area contributed by atoms with Crippen molar-refractivity contribution in [1.82, 2.24) is 5.43 Å². The predicted octanol–water partition coefficient (Wildman–Crippen LogP) is -0.349. The first-order chi connectivity index (χ1) is 5.33. The van der Waals surface area contributed by atoms with Gasteiger partial charge in [-0.25, -0.2) is 5.84 Å². The molecule has 5 nitrogen and oxygen atoms in total. The van der Waals surface area contributed by atoms with Crippen LogP contribution in [-0.2, 0) is 9.53 Å². The molecule has 0 saturated carbocycles. The summed E-state index contributed by atoms with van der Waals surface area (Å²) in [6, 6.07) is 0. The summed E-state index contributed by atoms with van der Waals surface area (Å²) in [5.74, 6) is 4.66. The first-order valence-corrected chi connectivity index (χ1v) is 3.62. The lowest BCUT2D eigenvalue weighted by Crippen LogP contribution is -2.34. The number of nitrogens with one attached hydrogen (secondary N) is 1. The van der Waals surface area contributed by atoms with Crippen LogP contribution >= 0.6 is 12.2 Å². The van der Waals surface area contributed by atoms with Gasteiger partial charge >= 0.3 is 0 Å². The molecule has 0 heterocycles. The van der Waals surface area contributed by atoms with E-state index in [1.165, 1.54) is 0 Å². The fourth-order valence-electron chi connectivity index (χ4n) is 0.144. The molecule has 72 valence electrons. The molecular formula is C6H15N3O2S. The van der Waals surface area contributed by atoms with Crippen LogP contribution in [-0.4, -0.2) is 17.2 Å². The second-order valence-electron chi connectivity index (χ2n) is 2.84. The fourth-order valence-corrected chi connectivity index (χ4v) is 0.144. The molecule has 0 aliphatic rings. The van der Waals surface area contributed by atoms with E-state index in [9.17, 15) is 4.79 Å². The molecule has 0 atom stereocenters. The van der Waals surface area contributed by atoms with Gasteiger partial charge in [-0.3, -0.25) is 4.79 Å². The lowest BCUT2D eigenvalue weighted by atomic mass is 10.2. The van der Waals surface area contributed by atoms with Crippen molar-refractivity contribution < 1.29 is 9.53 Å². The van der Waals surface area contributed by atoms with Gasteiger partial charge in [-0.15, -0.1) is 0 Å². The zero-order valence-electron chi connectivity index (χ0n) is 7.46. The van der Waals surface area contributed by atoms with Crippen molar-refractivity contribution in [3.63, 3.8) is 0 Å². The van der Waals surface area contributed by atoms with E-state index in [1.54, 1.807) is 0 Å². The van der Waals surface area contributed by atoms with Gasteiger partial charge in [0.2, 0.25) is 0 Å². The van der Waals surface area contributed by atoms with Crippen LogP contribution in [0.1, 0.15) is 20.8 Å². The molecule has 0 aromatic rings. The highest BCUT2D eigenvalue weighted by atomic mass is 32.1. The Hall–Kier alpha value is -0.880. The zero-order valence-corrected chi connectivity index (χ0v) is 8.27. The topological polar surface area (TPSA) is 90.4 Å². The number of hydrogen-bond acceptors (Lipinski definition) is 4. The Labute approximate surface area is 77.4 Å². The van der Waals surface area contributed by atoms with Gasteiger partial charge in [0.05, 0.1) is 0 Å². The zero-order chi connectivity index (χ0) is 10.2. The summed E-state index contributed by atoms with van der Waals surface area (Å²) >= 11 is 4.24. The van der Waals surface area contributed by atoms with Crippen LogP contribution in [0.3, 0.4) is 0 Å². The number of hydrazine groups is 1. The summed E-state index contributed by atoms with van der Waals surface area (Å²) in [4.78, 5) is 9.60. The number of thiocarbonyl (C=S) groups is 1. The van der Waals surface area contributed by atoms with Crippen LogP contribution in [0.5, 0.6) is 0 Å². The summed E-state index contributed by atoms with van der Waals surface area (Å²) in [5, 5.41) is 0.116. The molecule has 0 saturated heterocycles. The molecule has 12 heavy (non-hydrogen) atoms. The Morgan fingerprint density at radius 2 is 1.92 bits per heavy atom. The molecular weight excluding hydrogens is 178 g/mol. The highest BCUT2D eigenvalue weighted by Gasteiger charge is 2.07. The third-order valence-electron chi connectivity index (χ3n) is 0.544. The average Bonchev–Trinajstić information content (AvgIpc) is 1.86. The Balaban J connectivity index is 0. The molecule has 0 rings (SSSR count). The van der Waals surface area contributed by atoms with Gasteiger partial charge in [-0.05, 0) is 33.0 Å². The standard InChI is InChI=1S/C5H10O2.CH5N3S/c1-5(2,3)7-4-6;2-1(5)4-3/h4H,1-3H3;3H2,(H3,2,4,5). The van der Waals surface area contributed by atoms with Gasteiger partial charge in [0.25, 0.3) is 6.47 Å². The molecule has 0 aromatic heterocycles. The summed E-state index contributed by atoms with van der Waals surface area (Å²) in [6.45, 7) is 5.92. The van der Waals surface area contributed by atoms with E-state index in [1.807, 2.05) is 26.2 Å². The molecule has 0 spiro atoms. The van der Waals surface area contributed by atoms with E-state index < -0.39 is 0 Å². The predicted molar refractivity (Wildman–Crippen MR) is 51.0 cm³/mol. The normalized spacial score (nSPS) is 9.00. The number of carbonyl (C=O) groups is 1. The molecule has 0 aliphatic heterocycles. The molecule has 0 unspecified atom stereocenters. The van der Waals surface area contributed by atoms with Gasteiger partial charge in [-0.1, -0.05) is 0 Å². The van der Waals surface area contributed by atoms with Crippen molar-refractivity contribution in [2.45, 2.75) is 26.4 Å². The number of nitrogens with two attached hydrogens (primary N) is 2. The molecule has 0 aromatic carbocycles. The van der Waals surface area contributed by atoms with Crippen molar-refractivity contribution in [2.75, 3.05) is 0 Å². The number of hydrogen-bond donors (Lipinski definition) is 3. The van der Waals surface area contributed by atoms with Crippen molar-refractivity contribution in [2.24, 2.45) is 11.6 Å². The molecule has 6 heteroatoms. The smallest absolute Gasteiger partial charge is 0.293 e. The van der Waals surface area contributed by atoms with Gasteiger partial charge in [0.1, 0.15) is 5.60 Å². The number of rotatable bonds is 1. The minimum atomic E-state index is -0.318. The van der Waals surface area contributed by atoms with E-state index in [-0.39, 0.29) is 10.7 Å². The second-order valence-corrected chi connectivity index (χ2v) is 3.27. The molecule has 0 aliphatic carbocycles. The molecule has 0 bridgehead atoms. The minimum absolute atomic E-state index is 0.116. The summed E-state index contributed by atoms with van der Waals surface area (Å²) < 4.78 is 4.55. The molecule has 5 N–H and O–H groups in total. The lowest BCUT2D eigenvalue weighted by molar-refractivity contribution is -0.138. The lowest BCUT2D eigenvalue weighted by Gasteiger charge is -2.14. The Morgan fingerprint density at radius 1 is 1.58 bits per heavy atom. The maximum Gasteiger partial charge on any atom is 0.293 e. The quantitative estimate of drug-likeness (QED) is 0.228. The van der Waals surface area contributed by atoms with E-state index in [0.29, 0.717) is 6.47 Å². The van der Waals surface area contributed by atoms with E-state index in [2.05, 4.69) is 22.8 Å². The van der Waals surface area contributed by atoms with Crippen molar-refractivity contribution >= 4 is 23.8 Å². The van der Waals surface area contributed by atoms with Crippen LogP contribution in [0.15, 0.2) is 0 Å². The largest absolute Gasteiger partial charge is 0.462 e. The summed E-state index contributed by atoms with van der Waals surface area (Å²) in [6.07, 6.45) is 0. The van der Waals surface area contributed by atoms with E-state index >= 15 is 0 Å². The maximum absolute atomic E-state index is 9.60. The third kappa shape index (κ3) is 22.9. The van der Waals surface area contributed by atoms with Crippen LogP contribution in [0.2, 0.25) is 0 Å². The highest BCUT2D eigenvalue weighted by molar-refractivity contribution is 7.80. The van der Waals surface area contributed by atoms with Crippen molar-refractivity contribution in [1.29, 1.82) is 0 Å². The minimum Gasteiger partial charge on any atom is -0.462 e. The SMILES string of the molecule is CC(C)(C)OC=O.NNC(N)=S. The van der Waals surface area contributed by atoms with E-state index in [0.717, 1.165) is 0 Å². The van der Waals surface area contributed by atoms with Gasteiger partial charge in [0, 0.05) is 0 Å². The van der Waals surface area contributed by atoms with Crippen molar-refractivity contribution in [3.8, 4) is 0 Å². The van der Waals surface area contributed by atoms with Crippen LogP contribution in [0, 0.1) is 0 Å². The van der Waals surface area contributed by atoms with E-state index in [4.69, 9.17) is 5.73 Å². The molecule has 0 fully saturated rings. The molecule has 0 amide bonds. The summed E-state index contributed by atoms with van der Waals surface area (Å²) in [5.41, 5.74) is 6.51. The highest BCUT2D eigenvalue weighted by Crippen LogP contribution is 2.02. The Morgan fingerprint density at radius 3 is 1.92 bits per heavy atom. The van der Waals surface area contributed by atoms with Crippen LogP contribution < -0.4 is 17.0 Å². The van der Waals surface area contributed by atoms with Crippen molar-refractivity contribution in [3.05, 3.63) is 0 Å². The number of carbonyl (C=O) groups excluding carboxylic acids is 1. The van der Waals surface area contributed by atoms with Crippen LogP contribution in [0.25, 0.3) is 0 Å². The maximum atomic E-state index is 9.60. The van der Waals surface area contributed by atoms with Gasteiger partial charge in [-0.2, -0.15) is 0 Å². The fraction of sp³-hybridized carbons (Fsp3) is 0.667. The number of ether oxygens (including phenoxy) is 1. The van der Waals surface area contributed by atoms with Gasteiger partial charge in [0.15, 0.2) is 5.11 Å². The molecule has 0 radical (unpaired) electrons. The third-order valence-corrected chi connectivity index (χ3v) is 0.662.